The fourth-order valence-corrected chi connectivity index (χ4v) is 3.60. The lowest BCUT2D eigenvalue weighted by atomic mass is 10.1. The van der Waals surface area contributed by atoms with Gasteiger partial charge in [0.05, 0.1) is 29.6 Å². The molecule has 0 atom stereocenters. The maximum Gasteiger partial charge on any atom is 0.290 e. The van der Waals surface area contributed by atoms with Gasteiger partial charge in [-0.05, 0) is 31.0 Å². The van der Waals surface area contributed by atoms with Gasteiger partial charge in [0.15, 0.2) is 5.76 Å². The Morgan fingerprint density at radius 2 is 2.03 bits per heavy atom. The highest BCUT2D eigenvalue weighted by molar-refractivity contribution is 5.97. The number of carboxylic acid groups (broad SMARTS) is 1. The largest absolute Gasteiger partial charge is 0.483 e. The van der Waals surface area contributed by atoms with E-state index in [0.717, 1.165) is 61.5 Å². The van der Waals surface area contributed by atoms with E-state index in [-0.39, 0.29) is 12.4 Å². The van der Waals surface area contributed by atoms with Crippen molar-refractivity contribution >= 4 is 23.4 Å². The quantitative estimate of drug-likeness (QED) is 0.654. The van der Waals surface area contributed by atoms with Crippen molar-refractivity contribution in [3.8, 4) is 0 Å². The summed E-state index contributed by atoms with van der Waals surface area (Å²) >= 11 is 0. The first-order valence-corrected chi connectivity index (χ1v) is 10.0. The molecule has 1 aliphatic rings. The monoisotopic (exact) mass is 413 g/mol. The third kappa shape index (κ3) is 5.04. The number of fused-ring (bicyclic) bond motifs is 1. The minimum Gasteiger partial charge on any atom is -0.483 e. The Balaban J connectivity index is 0.000000806. The molecule has 30 heavy (non-hydrogen) atoms. The fraction of sp³-hybridized carbons (Fsp3) is 0.429. The average Bonchev–Trinajstić information content (AvgIpc) is 3.28. The molecule has 1 N–H and O–H groups in total. The topological polar surface area (TPSA) is 105 Å². The van der Waals surface area contributed by atoms with Gasteiger partial charge in [0.2, 0.25) is 0 Å². The van der Waals surface area contributed by atoms with Gasteiger partial charge in [-0.25, -0.2) is 4.98 Å². The molecular formula is C21H27N5O4. The van der Waals surface area contributed by atoms with Crippen molar-refractivity contribution in [3.05, 3.63) is 47.6 Å². The number of carbonyl (C=O) groups excluding carboxylic acids is 1. The van der Waals surface area contributed by atoms with Gasteiger partial charge < -0.3 is 19.1 Å². The molecule has 1 aliphatic heterocycles. The first kappa shape index (κ1) is 21.5. The van der Waals surface area contributed by atoms with E-state index in [1.807, 2.05) is 40.8 Å². The molecule has 1 amide bonds. The van der Waals surface area contributed by atoms with E-state index in [4.69, 9.17) is 14.4 Å². The van der Waals surface area contributed by atoms with Crippen molar-refractivity contribution in [3.63, 3.8) is 0 Å². The Bertz CT molecular complexity index is 996. The fourth-order valence-electron chi connectivity index (χ4n) is 3.60. The number of imidazole rings is 1. The van der Waals surface area contributed by atoms with Crippen LogP contribution in [0.25, 0.3) is 11.0 Å². The van der Waals surface area contributed by atoms with Gasteiger partial charge in [-0.3, -0.25) is 14.5 Å². The Labute approximate surface area is 174 Å². The van der Waals surface area contributed by atoms with E-state index in [2.05, 4.69) is 22.0 Å². The van der Waals surface area contributed by atoms with Crippen LogP contribution in [0, 0.1) is 0 Å². The van der Waals surface area contributed by atoms with Gasteiger partial charge in [-0.2, -0.15) is 0 Å². The maximum atomic E-state index is 13.0. The number of hydrogen-bond acceptors (Lipinski definition) is 6. The van der Waals surface area contributed by atoms with Crippen LogP contribution in [0.4, 0.5) is 0 Å². The van der Waals surface area contributed by atoms with Crippen LogP contribution in [0.1, 0.15) is 35.2 Å². The molecule has 9 heteroatoms. The van der Waals surface area contributed by atoms with Gasteiger partial charge in [-0.1, -0.05) is 12.1 Å². The van der Waals surface area contributed by atoms with E-state index >= 15 is 0 Å². The van der Waals surface area contributed by atoms with Crippen LogP contribution in [-0.2, 0) is 24.8 Å². The van der Waals surface area contributed by atoms with Crippen LogP contribution in [0.3, 0.4) is 0 Å². The standard InChI is InChI=1S/C20H25N5O2.CH2O2/c1-3-16-12-17(27-22-16)13-24-7-4-8-25(10-9-24)20(26)15-5-6-19-18(11-15)21-14-23(19)2;2-1-3/h5-6,11-12,14H,3-4,7-10,13H2,1-2H3;1H,(H,2,3). The minimum atomic E-state index is -0.250. The van der Waals surface area contributed by atoms with Gasteiger partial charge in [0.1, 0.15) is 0 Å². The van der Waals surface area contributed by atoms with Crippen molar-refractivity contribution in [1.82, 2.24) is 24.5 Å². The van der Waals surface area contributed by atoms with E-state index < -0.39 is 0 Å². The highest BCUT2D eigenvalue weighted by Gasteiger charge is 2.21. The van der Waals surface area contributed by atoms with Crippen LogP contribution < -0.4 is 0 Å². The Kier molecular flexibility index (Phi) is 7.18. The SMILES string of the molecule is CCc1cc(CN2CCCN(C(=O)c3ccc4c(c3)ncn4C)CC2)on1.O=CO. The Hall–Kier alpha value is -3.20. The lowest BCUT2D eigenvalue weighted by Crippen LogP contribution is -2.35. The summed E-state index contributed by atoms with van der Waals surface area (Å²) in [5.74, 6) is 0.976. The second-order valence-corrected chi connectivity index (χ2v) is 7.22. The minimum absolute atomic E-state index is 0.0809. The highest BCUT2D eigenvalue weighted by atomic mass is 16.5. The van der Waals surface area contributed by atoms with Crippen LogP contribution in [0.15, 0.2) is 35.1 Å². The number of amides is 1. The zero-order chi connectivity index (χ0) is 21.5. The molecule has 1 saturated heterocycles. The van der Waals surface area contributed by atoms with Crippen molar-refractivity contribution in [2.45, 2.75) is 26.3 Å². The smallest absolute Gasteiger partial charge is 0.290 e. The highest BCUT2D eigenvalue weighted by Crippen LogP contribution is 2.17. The molecule has 0 unspecified atom stereocenters. The number of aryl methyl sites for hydroxylation is 2. The molecule has 0 spiro atoms. The summed E-state index contributed by atoms with van der Waals surface area (Å²) in [5, 5.41) is 10.9. The summed E-state index contributed by atoms with van der Waals surface area (Å²) in [6, 6.07) is 7.78. The van der Waals surface area contributed by atoms with Crippen LogP contribution >= 0.6 is 0 Å². The number of nitrogens with zero attached hydrogens (tertiary/aromatic N) is 5. The first-order chi connectivity index (χ1) is 14.5. The molecule has 1 fully saturated rings. The molecule has 4 rings (SSSR count). The molecule has 0 radical (unpaired) electrons. The molecule has 3 aromatic rings. The van der Waals surface area contributed by atoms with Crippen molar-refractivity contribution in [1.29, 1.82) is 0 Å². The van der Waals surface area contributed by atoms with Crippen LogP contribution in [-0.4, -0.2) is 68.2 Å². The summed E-state index contributed by atoms with van der Waals surface area (Å²) in [6.07, 6.45) is 3.61. The summed E-state index contributed by atoms with van der Waals surface area (Å²) < 4.78 is 7.36. The molecule has 3 heterocycles. The number of carbonyl (C=O) groups is 2. The number of aromatic nitrogens is 3. The normalized spacial score (nSPS) is 14.8. The van der Waals surface area contributed by atoms with Gasteiger partial charge >= 0.3 is 0 Å². The van der Waals surface area contributed by atoms with Crippen molar-refractivity contribution < 1.29 is 19.2 Å². The lowest BCUT2D eigenvalue weighted by Gasteiger charge is -2.21. The van der Waals surface area contributed by atoms with E-state index in [9.17, 15) is 4.79 Å². The molecule has 0 saturated carbocycles. The summed E-state index contributed by atoms with van der Waals surface area (Å²) in [4.78, 5) is 30.0. The third-order valence-corrected chi connectivity index (χ3v) is 5.20. The second-order valence-electron chi connectivity index (χ2n) is 7.22. The first-order valence-electron chi connectivity index (χ1n) is 10.0. The van der Waals surface area contributed by atoms with Crippen molar-refractivity contribution in [2.75, 3.05) is 26.2 Å². The zero-order valence-corrected chi connectivity index (χ0v) is 17.3. The van der Waals surface area contributed by atoms with E-state index in [0.29, 0.717) is 12.1 Å². The zero-order valence-electron chi connectivity index (χ0n) is 17.3. The number of benzene rings is 1. The summed E-state index contributed by atoms with van der Waals surface area (Å²) in [5.41, 5.74) is 3.59. The predicted octanol–water partition coefficient (Wildman–Crippen LogP) is 2.17. The third-order valence-electron chi connectivity index (χ3n) is 5.20. The van der Waals surface area contributed by atoms with Crippen LogP contribution in [0.5, 0.6) is 0 Å². The van der Waals surface area contributed by atoms with Crippen LogP contribution in [0.2, 0.25) is 0 Å². The summed E-state index contributed by atoms with van der Waals surface area (Å²) in [7, 11) is 1.96. The Morgan fingerprint density at radius 3 is 2.77 bits per heavy atom. The second kappa shape index (κ2) is 10.0. The molecule has 1 aromatic carbocycles. The molecule has 2 aromatic heterocycles. The molecule has 0 aliphatic carbocycles. The van der Waals surface area contributed by atoms with Crippen molar-refractivity contribution in [2.24, 2.45) is 7.05 Å². The van der Waals surface area contributed by atoms with Gasteiger partial charge in [0.25, 0.3) is 12.4 Å². The number of rotatable bonds is 4. The maximum absolute atomic E-state index is 13.0. The molecule has 160 valence electrons. The van der Waals surface area contributed by atoms with Gasteiger partial charge in [0, 0.05) is 44.9 Å². The lowest BCUT2D eigenvalue weighted by molar-refractivity contribution is -0.122. The van der Waals surface area contributed by atoms with E-state index in [1.165, 1.54) is 0 Å². The Morgan fingerprint density at radius 1 is 1.23 bits per heavy atom. The predicted molar refractivity (Wildman–Crippen MR) is 111 cm³/mol. The molecule has 9 nitrogen and oxygen atoms in total. The molecular weight excluding hydrogens is 386 g/mol. The molecule has 0 bridgehead atoms. The average molecular weight is 413 g/mol. The van der Waals surface area contributed by atoms with Gasteiger partial charge in [-0.15, -0.1) is 0 Å². The summed E-state index contributed by atoms with van der Waals surface area (Å²) in [6.45, 7) is 5.83. The van der Waals surface area contributed by atoms with E-state index in [1.54, 1.807) is 6.33 Å². The number of hydrogen-bond donors (Lipinski definition) is 1.